The maximum absolute atomic E-state index is 12.7. The fourth-order valence-electron chi connectivity index (χ4n) is 2.25. The second kappa shape index (κ2) is 11.0. The lowest BCUT2D eigenvalue weighted by molar-refractivity contribution is -0.137. The zero-order valence-corrected chi connectivity index (χ0v) is 16.8. The Hall–Kier alpha value is -1.78. The molecule has 1 heterocycles. The molecule has 2 N–H and O–H groups in total. The van der Waals surface area contributed by atoms with E-state index in [1.807, 2.05) is 17.7 Å². The molecule has 5 nitrogen and oxygen atoms in total. The van der Waals surface area contributed by atoms with Crippen LogP contribution in [0.5, 0.6) is 0 Å². The van der Waals surface area contributed by atoms with Crippen LogP contribution in [-0.4, -0.2) is 28.6 Å². The van der Waals surface area contributed by atoms with Crippen molar-refractivity contribution in [3.05, 3.63) is 54.1 Å². The molecule has 0 saturated carbocycles. The number of nitrogens with zero attached hydrogens (tertiary/aromatic N) is 3. The van der Waals surface area contributed by atoms with Gasteiger partial charge < -0.3 is 15.2 Å². The van der Waals surface area contributed by atoms with Gasteiger partial charge in [0.1, 0.15) is 0 Å². The predicted molar refractivity (Wildman–Crippen MR) is 107 cm³/mol. The number of nitrogens with one attached hydrogen (secondary N) is 2. The van der Waals surface area contributed by atoms with E-state index in [1.54, 1.807) is 18.6 Å². The highest BCUT2D eigenvalue weighted by Gasteiger charge is 2.30. The molecule has 0 aliphatic heterocycles. The summed E-state index contributed by atoms with van der Waals surface area (Å²) in [7, 11) is 0. The van der Waals surface area contributed by atoms with Crippen LogP contribution < -0.4 is 10.6 Å². The fraction of sp³-hybridized carbons (Fsp3) is 0.412. The first-order valence-corrected chi connectivity index (χ1v) is 8.13. The minimum Gasteiger partial charge on any atom is -0.357 e. The first-order chi connectivity index (χ1) is 12.0. The summed E-state index contributed by atoms with van der Waals surface area (Å²) in [5, 5.41) is 6.27. The first kappa shape index (κ1) is 22.3. The Morgan fingerprint density at radius 2 is 2.08 bits per heavy atom. The normalized spacial score (nSPS) is 11.8. The van der Waals surface area contributed by atoms with Crippen molar-refractivity contribution in [1.82, 2.24) is 20.2 Å². The average molecular weight is 481 g/mol. The molecule has 2 aromatic rings. The molecule has 0 saturated heterocycles. The van der Waals surface area contributed by atoms with E-state index in [2.05, 4.69) is 20.6 Å². The van der Waals surface area contributed by atoms with Gasteiger partial charge in [0.15, 0.2) is 5.96 Å². The lowest BCUT2D eigenvalue weighted by atomic mass is 10.1. The summed E-state index contributed by atoms with van der Waals surface area (Å²) in [4.78, 5) is 8.33. The highest BCUT2D eigenvalue weighted by atomic mass is 127. The Kier molecular flexibility index (Phi) is 9.46. The van der Waals surface area contributed by atoms with Crippen molar-refractivity contribution in [2.45, 2.75) is 32.6 Å². The van der Waals surface area contributed by atoms with E-state index in [0.717, 1.165) is 25.1 Å². The van der Waals surface area contributed by atoms with Crippen LogP contribution in [0.3, 0.4) is 0 Å². The monoisotopic (exact) mass is 481 g/mol. The summed E-state index contributed by atoms with van der Waals surface area (Å²) in [5.74, 6) is 0.588. The quantitative estimate of drug-likeness (QED) is 0.275. The third-order valence-corrected chi connectivity index (χ3v) is 3.46. The van der Waals surface area contributed by atoms with Crippen LogP contribution in [0.25, 0.3) is 0 Å². The largest absolute Gasteiger partial charge is 0.416 e. The van der Waals surface area contributed by atoms with Crippen molar-refractivity contribution in [3.8, 4) is 0 Å². The van der Waals surface area contributed by atoms with E-state index in [0.29, 0.717) is 24.6 Å². The maximum atomic E-state index is 12.7. The third kappa shape index (κ3) is 7.63. The second-order valence-corrected chi connectivity index (χ2v) is 5.47. The highest BCUT2D eigenvalue weighted by Crippen LogP contribution is 2.29. The number of imidazole rings is 1. The molecule has 1 aromatic carbocycles. The predicted octanol–water partition coefficient (Wildman–Crippen LogP) is 3.67. The Bertz CT molecular complexity index is 671. The Morgan fingerprint density at radius 3 is 2.73 bits per heavy atom. The van der Waals surface area contributed by atoms with Crippen LogP contribution in [0.1, 0.15) is 24.5 Å². The van der Waals surface area contributed by atoms with Crippen molar-refractivity contribution in [2.24, 2.45) is 4.99 Å². The standard InChI is InChI=1S/C17H22F3N5.HI/c1-2-22-16(23-7-4-9-25-10-8-21-13-25)24-12-14-5-3-6-15(11-14)17(18,19)20;/h3,5-6,8,10-11,13H,2,4,7,9,12H2,1H3,(H2,22,23,24);1H. The van der Waals surface area contributed by atoms with Crippen LogP contribution in [0, 0.1) is 0 Å². The van der Waals surface area contributed by atoms with Gasteiger partial charge in [-0.2, -0.15) is 13.2 Å². The molecule has 9 heteroatoms. The van der Waals surface area contributed by atoms with Gasteiger partial charge in [0, 0.05) is 32.0 Å². The molecule has 0 radical (unpaired) electrons. The van der Waals surface area contributed by atoms with Crippen molar-refractivity contribution >= 4 is 29.9 Å². The molecule has 0 atom stereocenters. The zero-order valence-electron chi connectivity index (χ0n) is 14.5. The van der Waals surface area contributed by atoms with Crippen LogP contribution in [0.2, 0.25) is 0 Å². The molecular formula is C17H23F3IN5. The molecule has 26 heavy (non-hydrogen) atoms. The number of guanidine groups is 1. The van der Waals surface area contributed by atoms with Crippen molar-refractivity contribution in [2.75, 3.05) is 13.1 Å². The lowest BCUT2D eigenvalue weighted by Gasteiger charge is -2.12. The number of benzene rings is 1. The number of aromatic nitrogens is 2. The van der Waals surface area contributed by atoms with E-state index >= 15 is 0 Å². The molecule has 0 fully saturated rings. The molecule has 144 valence electrons. The number of alkyl halides is 3. The molecular weight excluding hydrogens is 458 g/mol. The Morgan fingerprint density at radius 1 is 1.27 bits per heavy atom. The molecule has 1 aromatic heterocycles. The van der Waals surface area contributed by atoms with Gasteiger partial charge in [0.05, 0.1) is 18.4 Å². The number of hydrogen-bond donors (Lipinski definition) is 2. The fourth-order valence-corrected chi connectivity index (χ4v) is 2.25. The van der Waals surface area contributed by atoms with Crippen molar-refractivity contribution in [3.63, 3.8) is 0 Å². The van der Waals surface area contributed by atoms with E-state index in [1.165, 1.54) is 6.07 Å². The van der Waals surface area contributed by atoms with Gasteiger partial charge in [-0.3, -0.25) is 0 Å². The third-order valence-electron chi connectivity index (χ3n) is 3.46. The SMILES string of the molecule is CCNC(=NCc1cccc(C(F)(F)F)c1)NCCCn1ccnc1.I. The molecule has 0 spiro atoms. The molecule has 2 rings (SSSR count). The highest BCUT2D eigenvalue weighted by molar-refractivity contribution is 14.0. The van der Waals surface area contributed by atoms with Gasteiger partial charge in [0.2, 0.25) is 0 Å². The zero-order chi connectivity index (χ0) is 18.1. The van der Waals surface area contributed by atoms with Crippen LogP contribution >= 0.6 is 24.0 Å². The van der Waals surface area contributed by atoms with Crippen molar-refractivity contribution < 1.29 is 13.2 Å². The molecule has 0 bridgehead atoms. The van der Waals surface area contributed by atoms with Gasteiger partial charge in [-0.1, -0.05) is 12.1 Å². The minimum atomic E-state index is -4.34. The molecule has 0 aliphatic carbocycles. The number of aryl methyl sites for hydroxylation is 1. The number of halogens is 4. The number of hydrogen-bond acceptors (Lipinski definition) is 2. The summed E-state index contributed by atoms with van der Waals surface area (Å²) < 4.78 is 40.2. The van der Waals surface area contributed by atoms with Gasteiger partial charge in [-0.05, 0) is 31.0 Å². The summed E-state index contributed by atoms with van der Waals surface area (Å²) in [5.41, 5.74) is -0.135. The molecule has 0 amide bonds. The van der Waals surface area contributed by atoms with E-state index in [4.69, 9.17) is 0 Å². The second-order valence-electron chi connectivity index (χ2n) is 5.47. The maximum Gasteiger partial charge on any atom is 0.416 e. The number of aliphatic imine (C=N–C) groups is 1. The van der Waals surface area contributed by atoms with Gasteiger partial charge >= 0.3 is 6.18 Å². The van der Waals surface area contributed by atoms with Gasteiger partial charge in [-0.25, -0.2) is 9.98 Å². The van der Waals surface area contributed by atoms with Crippen molar-refractivity contribution in [1.29, 1.82) is 0 Å². The topological polar surface area (TPSA) is 54.2 Å². The smallest absolute Gasteiger partial charge is 0.357 e. The first-order valence-electron chi connectivity index (χ1n) is 8.13. The summed E-state index contributed by atoms with van der Waals surface area (Å²) in [6, 6.07) is 5.24. The van der Waals surface area contributed by atoms with Crippen LogP contribution in [0.15, 0.2) is 48.0 Å². The van der Waals surface area contributed by atoms with Gasteiger partial charge in [-0.15, -0.1) is 24.0 Å². The Labute approximate surface area is 168 Å². The van der Waals surface area contributed by atoms with E-state index in [9.17, 15) is 13.2 Å². The summed E-state index contributed by atoms with van der Waals surface area (Å²) in [6.45, 7) is 4.33. The van der Waals surface area contributed by atoms with E-state index in [-0.39, 0.29) is 30.5 Å². The summed E-state index contributed by atoms with van der Waals surface area (Å²) in [6.07, 6.45) is 1.92. The molecule has 0 aliphatic rings. The lowest BCUT2D eigenvalue weighted by Crippen LogP contribution is -2.38. The molecule has 0 unspecified atom stereocenters. The van der Waals surface area contributed by atoms with Gasteiger partial charge in [0.25, 0.3) is 0 Å². The van der Waals surface area contributed by atoms with Crippen LogP contribution in [-0.2, 0) is 19.3 Å². The Balaban J connectivity index is 0.00000338. The summed E-state index contributed by atoms with van der Waals surface area (Å²) >= 11 is 0. The van der Waals surface area contributed by atoms with Crippen LogP contribution in [0.4, 0.5) is 13.2 Å². The number of rotatable bonds is 7. The van der Waals surface area contributed by atoms with E-state index < -0.39 is 11.7 Å². The minimum absolute atomic E-state index is 0. The average Bonchev–Trinajstić information content (AvgIpc) is 3.09.